The Hall–Kier alpha value is -0.950. The molecule has 5 nitrogen and oxygen atoms in total. The van der Waals surface area contributed by atoms with Gasteiger partial charge >= 0.3 is 0 Å². The first-order chi connectivity index (χ1) is 9.95. The molecule has 1 heterocycles. The van der Waals surface area contributed by atoms with E-state index in [0.717, 1.165) is 24.0 Å². The minimum absolute atomic E-state index is 0.0491. The van der Waals surface area contributed by atoms with Crippen LogP contribution in [0.4, 0.5) is 0 Å². The van der Waals surface area contributed by atoms with E-state index < -0.39 is 10.2 Å². The van der Waals surface area contributed by atoms with Crippen LogP contribution in [0.15, 0.2) is 24.3 Å². The fourth-order valence-electron chi connectivity index (χ4n) is 2.69. The lowest BCUT2D eigenvalue weighted by Crippen LogP contribution is -2.47. The smallest absolute Gasteiger partial charge is 0.282 e. The van der Waals surface area contributed by atoms with Crippen LogP contribution in [0.25, 0.3) is 0 Å². The molecule has 1 aliphatic heterocycles. The summed E-state index contributed by atoms with van der Waals surface area (Å²) in [5, 5.41) is 9.25. The number of rotatable bonds is 5. The fourth-order valence-corrected chi connectivity index (χ4v) is 4.15. The van der Waals surface area contributed by atoms with Gasteiger partial charge in [0.15, 0.2) is 0 Å². The van der Waals surface area contributed by atoms with Crippen molar-refractivity contribution < 1.29 is 13.5 Å². The summed E-state index contributed by atoms with van der Waals surface area (Å²) in [6, 6.07) is 7.81. The van der Waals surface area contributed by atoms with Crippen molar-refractivity contribution >= 4 is 10.2 Å². The van der Waals surface area contributed by atoms with Crippen molar-refractivity contribution in [2.75, 3.05) is 26.7 Å². The van der Waals surface area contributed by atoms with Crippen molar-refractivity contribution in [3.63, 3.8) is 0 Å². The number of nitrogens with zero attached hydrogens (tertiary/aromatic N) is 2. The summed E-state index contributed by atoms with van der Waals surface area (Å²) in [6.07, 6.45) is 1.70. The van der Waals surface area contributed by atoms with Crippen LogP contribution in [0.5, 0.6) is 0 Å². The van der Waals surface area contributed by atoms with Crippen LogP contribution in [0.3, 0.4) is 0 Å². The van der Waals surface area contributed by atoms with Gasteiger partial charge in [-0.2, -0.15) is 17.0 Å². The molecule has 0 spiro atoms. The van der Waals surface area contributed by atoms with Crippen LogP contribution in [-0.4, -0.2) is 48.9 Å². The van der Waals surface area contributed by atoms with Crippen LogP contribution < -0.4 is 0 Å². The van der Waals surface area contributed by atoms with Gasteiger partial charge in [-0.1, -0.05) is 24.3 Å². The average molecular weight is 312 g/mol. The summed E-state index contributed by atoms with van der Waals surface area (Å²) in [6.45, 7) is 3.36. The summed E-state index contributed by atoms with van der Waals surface area (Å²) in [5.41, 5.74) is 2.10. The molecular weight excluding hydrogens is 288 g/mol. The largest absolute Gasteiger partial charge is 0.396 e. The van der Waals surface area contributed by atoms with Gasteiger partial charge in [0.1, 0.15) is 0 Å². The Bertz CT molecular complexity index is 574. The van der Waals surface area contributed by atoms with Gasteiger partial charge in [-0.05, 0) is 36.8 Å². The number of aliphatic hydroxyl groups is 1. The summed E-state index contributed by atoms with van der Waals surface area (Å²) in [5.74, 6) is 0.0559. The van der Waals surface area contributed by atoms with Crippen molar-refractivity contribution in [2.45, 2.75) is 26.3 Å². The van der Waals surface area contributed by atoms with E-state index in [9.17, 15) is 13.5 Å². The number of piperidine rings is 1. The Labute approximate surface area is 127 Å². The monoisotopic (exact) mass is 312 g/mol. The number of benzene rings is 1. The molecule has 1 saturated heterocycles. The first-order valence-electron chi connectivity index (χ1n) is 7.32. The fraction of sp³-hybridized carbons (Fsp3) is 0.600. The molecule has 1 N–H and O–H groups in total. The van der Waals surface area contributed by atoms with Crippen molar-refractivity contribution in [1.29, 1.82) is 0 Å². The third kappa shape index (κ3) is 3.83. The molecule has 0 bridgehead atoms. The highest BCUT2D eigenvalue weighted by molar-refractivity contribution is 7.86. The van der Waals surface area contributed by atoms with Crippen LogP contribution in [0, 0.1) is 12.8 Å². The first-order valence-corrected chi connectivity index (χ1v) is 8.71. The van der Waals surface area contributed by atoms with Crippen molar-refractivity contribution in [3.05, 3.63) is 35.4 Å². The van der Waals surface area contributed by atoms with E-state index in [0.29, 0.717) is 19.6 Å². The molecule has 0 aromatic heterocycles. The van der Waals surface area contributed by atoms with Crippen LogP contribution >= 0.6 is 0 Å². The Morgan fingerprint density at radius 2 is 2.10 bits per heavy atom. The summed E-state index contributed by atoms with van der Waals surface area (Å²) >= 11 is 0. The van der Waals surface area contributed by atoms with E-state index >= 15 is 0 Å². The summed E-state index contributed by atoms with van der Waals surface area (Å²) in [4.78, 5) is 0. The first kappa shape index (κ1) is 16.4. The highest BCUT2D eigenvalue weighted by Crippen LogP contribution is 2.21. The average Bonchev–Trinajstić information content (AvgIpc) is 2.49. The Morgan fingerprint density at radius 3 is 2.76 bits per heavy atom. The highest BCUT2D eigenvalue weighted by Gasteiger charge is 2.31. The third-order valence-electron chi connectivity index (χ3n) is 4.11. The van der Waals surface area contributed by atoms with Crippen molar-refractivity contribution in [2.24, 2.45) is 5.92 Å². The zero-order chi connectivity index (χ0) is 15.5. The molecule has 2 rings (SSSR count). The third-order valence-corrected chi connectivity index (χ3v) is 6.02. The highest BCUT2D eigenvalue weighted by atomic mass is 32.2. The van der Waals surface area contributed by atoms with Gasteiger partial charge in [-0.3, -0.25) is 0 Å². The maximum absolute atomic E-state index is 12.6. The molecule has 0 radical (unpaired) electrons. The predicted molar refractivity (Wildman–Crippen MR) is 82.9 cm³/mol. The SMILES string of the molecule is Cc1ccccc1CN(C)S(=O)(=O)N1CCCC(CO)C1. The van der Waals surface area contributed by atoms with E-state index in [1.165, 1.54) is 8.61 Å². The van der Waals surface area contributed by atoms with Crippen molar-refractivity contribution in [3.8, 4) is 0 Å². The maximum atomic E-state index is 12.6. The molecule has 1 atom stereocenters. The van der Waals surface area contributed by atoms with Gasteiger partial charge in [0.2, 0.25) is 0 Å². The second-order valence-electron chi connectivity index (χ2n) is 5.74. The molecule has 1 unspecified atom stereocenters. The van der Waals surface area contributed by atoms with E-state index in [2.05, 4.69) is 0 Å². The van der Waals surface area contributed by atoms with E-state index in [-0.39, 0.29) is 12.5 Å². The quantitative estimate of drug-likeness (QED) is 0.893. The van der Waals surface area contributed by atoms with Gasteiger partial charge in [0.25, 0.3) is 10.2 Å². The van der Waals surface area contributed by atoms with Gasteiger partial charge in [0.05, 0.1) is 0 Å². The molecule has 1 aromatic carbocycles. The van der Waals surface area contributed by atoms with Gasteiger partial charge in [0, 0.05) is 33.3 Å². The molecule has 0 amide bonds. The Balaban J connectivity index is 2.10. The number of aliphatic hydroxyl groups excluding tert-OH is 1. The molecule has 6 heteroatoms. The van der Waals surface area contributed by atoms with E-state index in [1.54, 1.807) is 7.05 Å². The second-order valence-corrected chi connectivity index (χ2v) is 7.77. The zero-order valence-corrected chi connectivity index (χ0v) is 13.5. The van der Waals surface area contributed by atoms with E-state index in [1.807, 2.05) is 31.2 Å². The molecule has 0 saturated carbocycles. The minimum atomic E-state index is -3.46. The second kappa shape index (κ2) is 6.87. The lowest BCUT2D eigenvalue weighted by atomic mass is 10.0. The molecule has 118 valence electrons. The molecule has 1 fully saturated rings. The molecule has 1 aromatic rings. The van der Waals surface area contributed by atoms with Crippen LogP contribution in [0.1, 0.15) is 24.0 Å². The van der Waals surface area contributed by atoms with Crippen LogP contribution in [0.2, 0.25) is 0 Å². The Kier molecular flexibility index (Phi) is 5.37. The maximum Gasteiger partial charge on any atom is 0.282 e. The summed E-state index contributed by atoms with van der Waals surface area (Å²) < 4.78 is 28.2. The molecule has 0 aliphatic carbocycles. The van der Waals surface area contributed by atoms with Crippen LogP contribution in [-0.2, 0) is 16.8 Å². The normalized spacial score (nSPS) is 20.9. The van der Waals surface area contributed by atoms with E-state index in [4.69, 9.17) is 0 Å². The Morgan fingerprint density at radius 1 is 1.38 bits per heavy atom. The number of aryl methyl sites for hydroxylation is 1. The van der Waals surface area contributed by atoms with Gasteiger partial charge in [-0.25, -0.2) is 0 Å². The lowest BCUT2D eigenvalue weighted by molar-refractivity contribution is 0.161. The van der Waals surface area contributed by atoms with Gasteiger partial charge < -0.3 is 5.11 Å². The molecule has 21 heavy (non-hydrogen) atoms. The minimum Gasteiger partial charge on any atom is -0.396 e. The zero-order valence-electron chi connectivity index (χ0n) is 12.7. The lowest BCUT2D eigenvalue weighted by Gasteiger charge is -2.33. The van der Waals surface area contributed by atoms with Gasteiger partial charge in [-0.15, -0.1) is 0 Å². The standard InChI is InChI=1S/C15H24N2O3S/c1-13-6-3-4-8-15(13)11-16(2)21(19,20)17-9-5-7-14(10-17)12-18/h3-4,6,8,14,18H,5,7,9-12H2,1-2H3. The molecule has 1 aliphatic rings. The number of hydrogen-bond donors (Lipinski definition) is 1. The topological polar surface area (TPSA) is 60.9 Å². The molecular formula is C15H24N2O3S. The number of hydrogen-bond acceptors (Lipinski definition) is 3. The summed E-state index contributed by atoms with van der Waals surface area (Å²) in [7, 11) is -1.85. The van der Waals surface area contributed by atoms with Crippen molar-refractivity contribution in [1.82, 2.24) is 8.61 Å². The predicted octanol–water partition coefficient (Wildman–Crippen LogP) is 1.38.